The SMILES string of the molecule is Cc1cc(OCc2ccc(C(=O)N3CCN(Cc4c(Cl)cccc4Cl)CC3)o2)c(C(C)C)cc1Cl. The molecule has 0 saturated carbocycles. The average Bonchev–Trinajstić information content (AvgIpc) is 3.31. The first-order valence-corrected chi connectivity index (χ1v) is 12.8. The number of carbonyl (C=O) groups is 1. The fourth-order valence-electron chi connectivity index (χ4n) is 4.14. The standard InChI is InChI=1S/C27H29Cl3N2O3/c1-17(2)20-14-24(30)18(3)13-26(20)34-16-19-7-8-25(35-19)27(33)32-11-9-31(10-12-32)15-21-22(28)5-4-6-23(21)29/h4-8,13-14,17H,9-12,15-16H2,1-3H3. The minimum absolute atomic E-state index is 0.114. The number of ether oxygens (including phenoxy) is 1. The molecule has 186 valence electrons. The normalized spacial score (nSPS) is 14.5. The van der Waals surface area contributed by atoms with Gasteiger partial charge in [-0.2, -0.15) is 0 Å². The van der Waals surface area contributed by atoms with Crippen LogP contribution in [0, 0.1) is 6.92 Å². The molecular weight excluding hydrogens is 507 g/mol. The molecule has 1 aromatic heterocycles. The first kappa shape index (κ1) is 25.9. The highest BCUT2D eigenvalue weighted by atomic mass is 35.5. The van der Waals surface area contributed by atoms with E-state index in [1.807, 2.05) is 42.2 Å². The topological polar surface area (TPSA) is 45.9 Å². The number of hydrogen-bond acceptors (Lipinski definition) is 4. The van der Waals surface area contributed by atoms with Gasteiger partial charge in [-0.15, -0.1) is 0 Å². The highest BCUT2D eigenvalue weighted by molar-refractivity contribution is 6.36. The number of carbonyl (C=O) groups excluding carboxylic acids is 1. The highest BCUT2D eigenvalue weighted by Crippen LogP contribution is 2.32. The molecule has 2 aromatic carbocycles. The van der Waals surface area contributed by atoms with Gasteiger partial charge in [-0.3, -0.25) is 9.69 Å². The number of piperazine rings is 1. The third-order valence-electron chi connectivity index (χ3n) is 6.26. The minimum Gasteiger partial charge on any atom is -0.485 e. The Bertz CT molecular complexity index is 1180. The summed E-state index contributed by atoms with van der Waals surface area (Å²) in [6.07, 6.45) is 0. The minimum atomic E-state index is -0.114. The van der Waals surface area contributed by atoms with Crippen molar-refractivity contribution in [2.24, 2.45) is 0 Å². The summed E-state index contributed by atoms with van der Waals surface area (Å²) in [5, 5.41) is 2.05. The van der Waals surface area contributed by atoms with Crippen LogP contribution in [0.3, 0.4) is 0 Å². The predicted molar refractivity (Wildman–Crippen MR) is 141 cm³/mol. The van der Waals surface area contributed by atoms with Gasteiger partial charge in [-0.1, -0.05) is 54.7 Å². The first-order chi connectivity index (χ1) is 16.7. The second-order valence-electron chi connectivity index (χ2n) is 9.12. The zero-order valence-electron chi connectivity index (χ0n) is 20.1. The fraction of sp³-hybridized carbons (Fsp3) is 0.370. The van der Waals surface area contributed by atoms with E-state index in [4.69, 9.17) is 44.0 Å². The molecule has 0 atom stereocenters. The summed E-state index contributed by atoms with van der Waals surface area (Å²) in [7, 11) is 0. The second-order valence-corrected chi connectivity index (χ2v) is 10.3. The molecule has 1 aliphatic rings. The summed E-state index contributed by atoms with van der Waals surface area (Å²) >= 11 is 18.9. The summed E-state index contributed by atoms with van der Waals surface area (Å²) in [6, 6.07) is 12.9. The average molecular weight is 536 g/mol. The zero-order valence-corrected chi connectivity index (χ0v) is 22.4. The molecule has 4 rings (SSSR count). The van der Waals surface area contributed by atoms with Crippen molar-refractivity contribution in [1.82, 2.24) is 9.80 Å². The smallest absolute Gasteiger partial charge is 0.289 e. The summed E-state index contributed by atoms with van der Waals surface area (Å²) < 4.78 is 11.9. The Kier molecular flexibility index (Phi) is 8.33. The van der Waals surface area contributed by atoms with Crippen molar-refractivity contribution in [2.45, 2.75) is 39.8 Å². The molecule has 1 aliphatic heterocycles. The molecule has 1 fully saturated rings. The van der Waals surface area contributed by atoms with Gasteiger partial charge in [0.15, 0.2) is 5.76 Å². The Morgan fingerprint density at radius 2 is 1.69 bits per heavy atom. The number of benzene rings is 2. The molecular formula is C27H29Cl3N2O3. The Hall–Kier alpha value is -2.18. The van der Waals surface area contributed by atoms with Crippen LogP contribution in [0.25, 0.3) is 0 Å². The van der Waals surface area contributed by atoms with E-state index in [-0.39, 0.29) is 18.4 Å². The van der Waals surface area contributed by atoms with Crippen LogP contribution in [-0.4, -0.2) is 41.9 Å². The lowest BCUT2D eigenvalue weighted by molar-refractivity contribution is 0.0594. The van der Waals surface area contributed by atoms with Crippen molar-refractivity contribution in [3.8, 4) is 5.75 Å². The number of halogens is 3. The molecule has 1 saturated heterocycles. The fourth-order valence-corrected chi connectivity index (χ4v) is 4.83. The van der Waals surface area contributed by atoms with Gasteiger partial charge < -0.3 is 14.1 Å². The molecule has 0 unspecified atom stereocenters. The molecule has 0 radical (unpaired) electrons. The second kappa shape index (κ2) is 11.3. The van der Waals surface area contributed by atoms with E-state index in [1.54, 1.807) is 12.1 Å². The number of aryl methyl sites for hydroxylation is 1. The van der Waals surface area contributed by atoms with Crippen molar-refractivity contribution >= 4 is 40.7 Å². The quantitative estimate of drug-likeness (QED) is 0.321. The Morgan fingerprint density at radius 1 is 1.00 bits per heavy atom. The Morgan fingerprint density at radius 3 is 2.34 bits per heavy atom. The van der Waals surface area contributed by atoms with Crippen LogP contribution in [0.2, 0.25) is 15.1 Å². The van der Waals surface area contributed by atoms with E-state index < -0.39 is 0 Å². The first-order valence-electron chi connectivity index (χ1n) is 11.7. The Balaban J connectivity index is 1.33. The largest absolute Gasteiger partial charge is 0.485 e. The van der Waals surface area contributed by atoms with E-state index in [1.165, 1.54) is 0 Å². The van der Waals surface area contributed by atoms with Gasteiger partial charge >= 0.3 is 0 Å². The number of nitrogens with zero attached hydrogens (tertiary/aromatic N) is 2. The van der Waals surface area contributed by atoms with E-state index in [9.17, 15) is 4.79 Å². The third-order valence-corrected chi connectivity index (χ3v) is 7.37. The molecule has 3 aromatic rings. The summed E-state index contributed by atoms with van der Waals surface area (Å²) in [5.74, 6) is 1.85. The Labute approximate surface area is 221 Å². The lowest BCUT2D eigenvalue weighted by Gasteiger charge is -2.34. The van der Waals surface area contributed by atoms with Crippen LogP contribution in [0.15, 0.2) is 46.9 Å². The molecule has 8 heteroatoms. The summed E-state index contributed by atoms with van der Waals surface area (Å²) in [6.45, 7) is 9.72. The van der Waals surface area contributed by atoms with E-state index in [2.05, 4.69) is 18.7 Å². The van der Waals surface area contributed by atoms with Crippen molar-refractivity contribution in [1.29, 1.82) is 0 Å². The van der Waals surface area contributed by atoms with Crippen LogP contribution in [0.4, 0.5) is 0 Å². The van der Waals surface area contributed by atoms with Gasteiger partial charge in [-0.05, 0) is 60.4 Å². The van der Waals surface area contributed by atoms with Crippen LogP contribution >= 0.6 is 34.8 Å². The maximum Gasteiger partial charge on any atom is 0.289 e. The van der Waals surface area contributed by atoms with Crippen LogP contribution in [0.1, 0.15) is 52.8 Å². The molecule has 0 aliphatic carbocycles. The molecule has 2 heterocycles. The molecule has 5 nitrogen and oxygen atoms in total. The summed E-state index contributed by atoms with van der Waals surface area (Å²) in [4.78, 5) is 17.1. The maximum atomic E-state index is 13.0. The van der Waals surface area contributed by atoms with E-state index in [0.717, 1.165) is 40.6 Å². The van der Waals surface area contributed by atoms with Gasteiger partial charge in [0.05, 0.1) is 0 Å². The monoisotopic (exact) mass is 534 g/mol. The van der Waals surface area contributed by atoms with Gasteiger partial charge in [-0.25, -0.2) is 0 Å². The van der Waals surface area contributed by atoms with Crippen LogP contribution in [-0.2, 0) is 13.2 Å². The molecule has 35 heavy (non-hydrogen) atoms. The van der Waals surface area contributed by atoms with Crippen molar-refractivity contribution in [3.63, 3.8) is 0 Å². The van der Waals surface area contributed by atoms with Crippen molar-refractivity contribution < 1.29 is 13.9 Å². The van der Waals surface area contributed by atoms with Crippen LogP contribution < -0.4 is 4.74 Å². The number of furan rings is 1. The molecule has 0 spiro atoms. The number of rotatable bonds is 7. The third kappa shape index (κ3) is 6.15. The van der Waals surface area contributed by atoms with Crippen molar-refractivity contribution in [3.05, 3.63) is 85.7 Å². The lowest BCUT2D eigenvalue weighted by Crippen LogP contribution is -2.48. The van der Waals surface area contributed by atoms with Crippen molar-refractivity contribution in [2.75, 3.05) is 26.2 Å². The highest BCUT2D eigenvalue weighted by Gasteiger charge is 2.25. The van der Waals surface area contributed by atoms with Crippen LogP contribution in [0.5, 0.6) is 5.75 Å². The lowest BCUT2D eigenvalue weighted by atomic mass is 10.0. The number of amides is 1. The predicted octanol–water partition coefficient (Wildman–Crippen LogP) is 7.21. The molecule has 0 bridgehead atoms. The van der Waals surface area contributed by atoms with Gasteiger partial charge in [0.2, 0.25) is 0 Å². The summed E-state index contributed by atoms with van der Waals surface area (Å²) in [5.41, 5.74) is 2.92. The number of hydrogen-bond donors (Lipinski definition) is 0. The van der Waals surface area contributed by atoms with Gasteiger partial charge in [0, 0.05) is 53.4 Å². The molecule has 1 amide bonds. The van der Waals surface area contributed by atoms with Gasteiger partial charge in [0.25, 0.3) is 5.91 Å². The van der Waals surface area contributed by atoms with E-state index in [0.29, 0.717) is 41.2 Å². The van der Waals surface area contributed by atoms with E-state index >= 15 is 0 Å². The van der Waals surface area contributed by atoms with Gasteiger partial charge in [0.1, 0.15) is 18.1 Å². The zero-order chi connectivity index (χ0) is 25.1. The molecule has 0 N–H and O–H groups in total. The maximum absolute atomic E-state index is 13.0.